The molecular weight excluding hydrogens is 381 g/mol. The average molecular weight is 409 g/mol. The molecule has 1 fully saturated rings. The molecule has 2 aromatic rings. The Morgan fingerprint density at radius 3 is 2.21 bits per heavy atom. The molecule has 0 amide bonds. The maximum absolute atomic E-state index is 13.3. The van der Waals surface area contributed by atoms with Crippen LogP contribution in [0.4, 0.5) is 18.9 Å². The first-order chi connectivity index (χ1) is 13.1. The number of hydrogen-bond donors (Lipinski definition) is 0. The number of benzene rings is 2. The quantitative estimate of drug-likeness (QED) is 0.612. The van der Waals surface area contributed by atoms with Crippen molar-refractivity contribution >= 4 is 17.4 Å². The number of halogens is 3. The third-order valence-electron chi connectivity index (χ3n) is 5.37. The molecule has 1 aliphatic heterocycles. The van der Waals surface area contributed by atoms with E-state index in [-0.39, 0.29) is 0 Å². The highest BCUT2D eigenvalue weighted by Crippen LogP contribution is 2.41. The lowest BCUT2D eigenvalue weighted by Gasteiger charge is -2.37. The monoisotopic (exact) mass is 408 g/mol. The van der Waals surface area contributed by atoms with E-state index in [1.165, 1.54) is 23.9 Å². The number of piperidine rings is 1. The first-order valence-electron chi connectivity index (χ1n) is 9.53. The standard InChI is InChI=1S/C22H27F3N2S/c1-15-5-8-20(16(2)13-15)28-21-14-17(22(23,24)25)6-7-19(21)27-11-9-18(10-12-27)26(3)4/h5-8,13-14,18H,9-12H2,1-4H3. The van der Waals surface area contributed by atoms with Crippen molar-refractivity contribution in [3.63, 3.8) is 0 Å². The molecule has 0 saturated carbocycles. The number of rotatable bonds is 4. The van der Waals surface area contributed by atoms with Gasteiger partial charge in [0.25, 0.3) is 0 Å². The van der Waals surface area contributed by atoms with Crippen LogP contribution in [0.5, 0.6) is 0 Å². The SMILES string of the molecule is Cc1ccc(Sc2cc(C(F)(F)F)ccc2N2CCC(N(C)C)CC2)c(C)c1. The summed E-state index contributed by atoms with van der Waals surface area (Å²) >= 11 is 1.43. The lowest BCUT2D eigenvalue weighted by molar-refractivity contribution is -0.137. The Morgan fingerprint density at radius 1 is 0.964 bits per heavy atom. The van der Waals surface area contributed by atoms with E-state index in [2.05, 4.69) is 30.0 Å². The summed E-state index contributed by atoms with van der Waals surface area (Å²) in [4.78, 5) is 6.13. The number of alkyl halides is 3. The molecule has 0 N–H and O–H groups in total. The van der Waals surface area contributed by atoms with Crippen molar-refractivity contribution in [2.45, 2.75) is 48.7 Å². The van der Waals surface area contributed by atoms with Gasteiger partial charge in [0, 0.05) is 28.9 Å². The molecule has 28 heavy (non-hydrogen) atoms. The summed E-state index contributed by atoms with van der Waals surface area (Å²) in [7, 11) is 4.17. The van der Waals surface area contributed by atoms with E-state index in [9.17, 15) is 13.2 Å². The van der Waals surface area contributed by atoms with Crippen LogP contribution in [0, 0.1) is 13.8 Å². The molecule has 152 valence electrons. The van der Waals surface area contributed by atoms with Gasteiger partial charge in [0.15, 0.2) is 0 Å². The van der Waals surface area contributed by atoms with Gasteiger partial charge in [-0.2, -0.15) is 13.2 Å². The van der Waals surface area contributed by atoms with Gasteiger partial charge in [-0.3, -0.25) is 0 Å². The predicted octanol–water partition coefficient (Wildman–Crippen LogP) is 6.00. The van der Waals surface area contributed by atoms with Crippen LogP contribution >= 0.6 is 11.8 Å². The molecule has 1 aliphatic rings. The van der Waals surface area contributed by atoms with Crippen LogP contribution in [0.2, 0.25) is 0 Å². The molecule has 0 bridgehead atoms. The summed E-state index contributed by atoms with van der Waals surface area (Å²) in [6.07, 6.45) is -2.31. The first-order valence-corrected chi connectivity index (χ1v) is 10.3. The van der Waals surface area contributed by atoms with Gasteiger partial charge in [-0.1, -0.05) is 29.5 Å². The second-order valence-electron chi connectivity index (χ2n) is 7.73. The minimum Gasteiger partial charge on any atom is -0.371 e. The molecule has 1 saturated heterocycles. The van der Waals surface area contributed by atoms with E-state index in [1.54, 1.807) is 6.07 Å². The highest BCUT2D eigenvalue weighted by atomic mass is 32.2. The molecule has 0 spiro atoms. The van der Waals surface area contributed by atoms with Gasteiger partial charge in [-0.25, -0.2) is 0 Å². The van der Waals surface area contributed by atoms with E-state index in [4.69, 9.17) is 0 Å². The molecule has 3 rings (SSSR count). The summed E-state index contributed by atoms with van der Waals surface area (Å²) in [5, 5.41) is 0. The van der Waals surface area contributed by atoms with Gasteiger partial charge in [0.1, 0.15) is 0 Å². The Hall–Kier alpha value is -1.66. The Labute approximate surface area is 169 Å². The lowest BCUT2D eigenvalue weighted by Crippen LogP contribution is -2.42. The van der Waals surface area contributed by atoms with Gasteiger partial charge in [0.05, 0.1) is 11.3 Å². The molecule has 2 nitrogen and oxygen atoms in total. The third kappa shape index (κ3) is 4.84. The summed E-state index contributed by atoms with van der Waals surface area (Å²) in [6.45, 7) is 5.74. The minimum absolute atomic E-state index is 0.529. The predicted molar refractivity (Wildman–Crippen MR) is 110 cm³/mol. The van der Waals surface area contributed by atoms with Crippen LogP contribution < -0.4 is 4.90 Å². The molecule has 1 heterocycles. The Morgan fingerprint density at radius 2 is 1.64 bits per heavy atom. The van der Waals surface area contributed by atoms with Crippen molar-refractivity contribution in [3.8, 4) is 0 Å². The van der Waals surface area contributed by atoms with E-state index in [1.807, 2.05) is 26.0 Å². The number of anilines is 1. The molecule has 2 aromatic carbocycles. The number of aryl methyl sites for hydroxylation is 2. The zero-order valence-electron chi connectivity index (χ0n) is 16.8. The minimum atomic E-state index is -4.34. The Balaban J connectivity index is 1.93. The average Bonchev–Trinajstić information content (AvgIpc) is 2.63. The van der Waals surface area contributed by atoms with Crippen LogP contribution in [-0.2, 0) is 6.18 Å². The molecule has 0 radical (unpaired) electrons. The smallest absolute Gasteiger partial charge is 0.371 e. The fraction of sp³-hybridized carbons (Fsp3) is 0.455. The maximum Gasteiger partial charge on any atom is 0.416 e. The molecule has 0 unspecified atom stereocenters. The van der Waals surface area contributed by atoms with E-state index < -0.39 is 11.7 Å². The number of hydrogen-bond acceptors (Lipinski definition) is 3. The van der Waals surface area contributed by atoms with Gasteiger partial charge in [0.2, 0.25) is 0 Å². The number of nitrogens with zero attached hydrogens (tertiary/aromatic N) is 2. The molecule has 0 atom stereocenters. The summed E-state index contributed by atoms with van der Waals surface area (Å²) in [5.74, 6) is 0. The zero-order valence-corrected chi connectivity index (χ0v) is 17.6. The molecule has 6 heteroatoms. The second kappa shape index (κ2) is 8.37. The normalized spacial score (nSPS) is 16.1. The van der Waals surface area contributed by atoms with Crippen LogP contribution in [0.1, 0.15) is 29.5 Å². The van der Waals surface area contributed by atoms with Crippen molar-refractivity contribution in [2.75, 3.05) is 32.1 Å². The van der Waals surface area contributed by atoms with Gasteiger partial charge in [-0.05, 0) is 70.6 Å². The fourth-order valence-corrected chi connectivity index (χ4v) is 4.77. The van der Waals surface area contributed by atoms with Gasteiger partial charge < -0.3 is 9.80 Å². The topological polar surface area (TPSA) is 6.48 Å². The summed E-state index contributed by atoms with van der Waals surface area (Å²) in [5.41, 5.74) is 2.54. The zero-order chi connectivity index (χ0) is 20.5. The van der Waals surface area contributed by atoms with Crippen molar-refractivity contribution in [3.05, 3.63) is 53.1 Å². The van der Waals surface area contributed by atoms with E-state index in [0.717, 1.165) is 47.6 Å². The van der Waals surface area contributed by atoms with E-state index in [0.29, 0.717) is 10.9 Å². The highest BCUT2D eigenvalue weighted by Gasteiger charge is 2.32. The van der Waals surface area contributed by atoms with Gasteiger partial charge in [-0.15, -0.1) is 0 Å². The lowest BCUT2D eigenvalue weighted by atomic mass is 10.0. The van der Waals surface area contributed by atoms with Crippen LogP contribution in [0.25, 0.3) is 0 Å². The first kappa shape index (κ1) is 21.1. The maximum atomic E-state index is 13.3. The highest BCUT2D eigenvalue weighted by molar-refractivity contribution is 7.99. The van der Waals surface area contributed by atoms with Crippen molar-refractivity contribution in [1.29, 1.82) is 0 Å². The summed E-state index contributed by atoms with van der Waals surface area (Å²) < 4.78 is 40.0. The van der Waals surface area contributed by atoms with Gasteiger partial charge >= 0.3 is 6.18 Å². The van der Waals surface area contributed by atoms with Crippen LogP contribution in [-0.4, -0.2) is 38.1 Å². The molecule has 0 aromatic heterocycles. The summed E-state index contributed by atoms with van der Waals surface area (Å²) in [6, 6.07) is 10.8. The Kier molecular flexibility index (Phi) is 6.30. The van der Waals surface area contributed by atoms with Crippen molar-refractivity contribution in [2.24, 2.45) is 0 Å². The Bertz CT molecular complexity index is 825. The third-order valence-corrected chi connectivity index (χ3v) is 6.60. The van der Waals surface area contributed by atoms with Crippen LogP contribution in [0.3, 0.4) is 0 Å². The fourth-order valence-electron chi connectivity index (χ4n) is 3.69. The largest absolute Gasteiger partial charge is 0.416 e. The van der Waals surface area contributed by atoms with E-state index >= 15 is 0 Å². The molecule has 0 aliphatic carbocycles. The second-order valence-corrected chi connectivity index (χ2v) is 8.82. The van der Waals surface area contributed by atoms with Crippen molar-refractivity contribution in [1.82, 2.24) is 4.90 Å². The van der Waals surface area contributed by atoms with Crippen LogP contribution in [0.15, 0.2) is 46.2 Å². The molecular formula is C22H27F3N2S. The van der Waals surface area contributed by atoms with Crippen molar-refractivity contribution < 1.29 is 13.2 Å².